The lowest BCUT2D eigenvalue weighted by Gasteiger charge is -2.18. The van der Waals surface area contributed by atoms with Crippen LogP contribution >= 0.6 is 11.8 Å². The number of amides is 1. The molecule has 0 unspecified atom stereocenters. The molecule has 2 aromatic carbocycles. The Morgan fingerprint density at radius 2 is 1.75 bits per heavy atom. The molecule has 1 aromatic heterocycles. The second kappa shape index (κ2) is 10.2. The first-order valence-corrected chi connectivity index (χ1v) is 12.5. The van der Waals surface area contributed by atoms with E-state index < -0.39 is 10.0 Å². The van der Waals surface area contributed by atoms with Gasteiger partial charge < -0.3 is 10.7 Å². The summed E-state index contributed by atoms with van der Waals surface area (Å²) in [5.74, 6) is 6.49. The molecular weight excluding hydrogens is 448 g/mol. The van der Waals surface area contributed by atoms with Crippen molar-refractivity contribution >= 4 is 33.4 Å². The van der Waals surface area contributed by atoms with Crippen LogP contribution in [0.3, 0.4) is 0 Å². The van der Waals surface area contributed by atoms with Crippen LogP contribution in [0.25, 0.3) is 11.4 Å². The zero-order valence-corrected chi connectivity index (χ0v) is 19.8. The lowest BCUT2D eigenvalue weighted by atomic mass is 10.2. The van der Waals surface area contributed by atoms with Gasteiger partial charge in [-0.15, -0.1) is 10.2 Å². The number of hydrogen-bond donors (Lipinski definition) is 1. The molecule has 0 fully saturated rings. The van der Waals surface area contributed by atoms with Gasteiger partial charge in [-0.1, -0.05) is 55.9 Å². The number of rotatable bonds is 9. The molecule has 0 aliphatic rings. The first-order valence-electron chi connectivity index (χ1n) is 10.0. The van der Waals surface area contributed by atoms with Crippen molar-refractivity contribution in [1.82, 2.24) is 19.2 Å². The summed E-state index contributed by atoms with van der Waals surface area (Å²) in [6, 6.07) is 15.8. The number of thioether (sulfide) groups is 1. The van der Waals surface area contributed by atoms with Crippen LogP contribution in [-0.2, 0) is 14.8 Å². The Morgan fingerprint density at radius 3 is 2.41 bits per heavy atom. The van der Waals surface area contributed by atoms with E-state index in [2.05, 4.69) is 10.2 Å². The SMILES string of the molecule is CCN(CC)S(=O)(=O)c1cccc(-c2nnc(SCC(=O)N(C)c3ccccc3)n2N)c1. The Labute approximate surface area is 192 Å². The molecule has 0 saturated carbocycles. The van der Waals surface area contributed by atoms with Crippen molar-refractivity contribution in [1.29, 1.82) is 0 Å². The van der Waals surface area contributed by atoms with Crippen molar-refractivity contribution < 1.29 is 13.2 Å². The molecule has 0 spiro atoms. The zero-order valence-electron chi connectivity index (χ0n) is 18.2. The summed E-state index contributed by atoms with van der Waals surface area (Å²) in [4.78, 5) is 14.2. The Hall–Kier alpha value is -2.89. The fraction of sp³-hybridized carbons (Fsp3) is 0.286. The van der Waals surface area contributed by atoms with E-state index in [0.29, 0.717) is 29.6 Å². The minimum absolute atomic E-state index is 0.113. The molecule has 32 heavy (non-hydrogen) atoms. The van der Waals surface area contributed by atoms with Gasteiger partial charge in [0.05, 0.1) is 10.6 Å². The smallest absolute Gasteiger partial charge is 0.243 e. The summed E-state index contributed by atoms with van der Waals surface area (Å²) in [7, 11) is -1.91. The highest BCUT2D eigenvalue weighted by molar-refractivity contribution is 7.99. The van der Waals surface area contributed by atoms with Gasteiger partial charge >= 0.3 is 0 Å². The number of benzene rings is 2. The predicted molar refractivity (Wildman–Crippen MR) is 126 cm³/mol. The topological polar surface area (TPSA) is 114 Å². The molecule has 170 valence electrons. The number of nitrogens with two attached hydrogens (primary N) is 1. The molecule has 9 nitrogen and oxygen atoms in total. The highest BCUT2D eigenvalue weighted by atomic mass is 32.2. The third-order valence-corrected chi connectivity index (χ3v) is 7.92. The number of nitrogen functional groups attached to an aromatic ring is 1. The van der Waals surface area contributed by atoms with Gasteiger partial charge in [0.15, 0.2) is 5.82 Å². The summed E-state index contributed by atoms with van der Waals surface area (Å²) < 4.78 is 28.3. The number of hydrogen-bond acceptors (Lipinski definition) is 7. The highest BCUT2D eigenvalue weighted by Gasteiger charge is 2.23. The number of anilines is 1. The molecule has 0 atom stereocenters. The third kappa shape index (κ3) is 4.95. The zero-order chi connectivity index (χ0) is 23.3. The normalized spacial score (nSPS) is 11.6. The number of carbonyl (C=O) groups is 1. The predicted octanol–water partition coefficient (Wildman–Crippen LogP) is 2.44. The Morgan fingerprint density at radius 1 is 1.06 bits per heavy atom. The molecule has 3 rings (SSSR count). The molecular formula is C21H26N6O3S2. The van der Waals surface area contributed by atoms with Crippen molar-refractivity contribution in [3.05, 3.63) is 54.6 Å². The van der Waals surface area contributed by atoms with Gasteiger partial charge in [0.2, 0.25) is 21.1 Å². The maximum atomic E-state index is 12.8. The summed E-state index contributed by atoms with van der Waals surface area (Å²) in [6.07, 6.45) is 0. The van der Waals surface area contributed by atoms with Crippen LogP contribution in [0.4, 0.5) is 5.69 Å². The standard InChI is InChI=1S/C21H26N6O3S2/c1-4-26(5-2)32(29,30)18-13-9-10-16(14-18)20-23-24-21(27(20)22)31-15-19(28)25(3)17-11-7-6-8-12-17/h6-14H,4-5,15,22H2,1-3H3. The molecule has 1 amide bonds. The first-order chi connectivity index (χ1) is 15.3. The van der Waals surface area contributed by atoms with E-state index >= 15 is 0 Å². The van der Waals surface area contributed by atoms with Crippen molar-refractivity contribution in [3.8, 4) is 11.4 Å². The van der Waals surface area contributed by atoms with Crippen LogP contribution in [-0.4, -0.2) is 59.4 Å². The van der Waals surface area contributed by atoms with Crippen LogP contribution in [0.2, 0.25) is 0 Å². The number of para-hydroxylation sites is 1. The number of carbonyl (C=O) groups excluding carboxylic acids is 1. The van der Waals surface area contributed by atoms with E-state index in [0.717, 1.165) is 17.4 Å². The fourth-order valence-electron chi connectivity index (χ4n) is 3.10. The van der Waals surface area contributed by atoms with Gasteiger partial charge in [0, 0.05) is 31.4 Å². The fourth-order valence-corrected chi connectivity index (χ4v) is 5.37. The van der Waals surface area contributed by atoms with Crippen molar-refractivity contribution in [2.45, 2.75) is 23.9 Å². The molecule has 0 radical (unpaired) electrons. The third-order valence-electron chi connectivity index (χ3n) is 4.94. The lowest BCUT2D eigenvalue weighted by molar-refractivity contribution is -0.115. The molecule has 3 aromatic rings. The lowest BCUT2D eigenvalue weighted by Crippen LogP contribution is -2.30. The maximum Gasteiger partial charge on any atom is 0.243 e. The number of sulfonamides is 1. The van der Waals surface area contributed by atoms with Gasteiger partial charge in [-0.3, -0.25) is 4.79 Å². The van der Waals surface area contributed by atoms with E-state index in [1.54, 1.807) is 44.0 Å². The maximum absolute atomic E-state index is 12.8. The van der Waals surface area contributed by atoms with Crippen LogP contribution in [0.5, 0.6) is 0 Å². The largest absolute Gasteiger partial charge is 0.335 e. The van der Waals surface area contributed by atoms with Gasteiger partial charge in [0.25, 0.3) is 0 Å². The van der Waals surface area contributed by atoms with E-state index in [1.165, 1.54) is 15.0 Å². The average molecular weight is 475 g/mol. The van der Waals surface area contributed by atoms with Crippen molar-refractivity contribution in [2.24, 2.45) is 0 Å². The average Bonchev–Trinajstić information content (AvgIpc) is 3.18. The number of aromatic nitrogens is 3. The molecule has 0 saturated heterocycles. The van der Waals surface area contributed by atoms with E-state index in [9.17, 15) is 13.2 Å². The molecule has 0 aliphatic carbocycles. The van der Waals surface area contributed by atoms with Crippen molar-refractivity contribution in [3.63, 3.8) is 0 Å². The minimum atomic E-state index is -3.62. The summed E-state index contributed by atoms with van der Waals surface area (Å²) in [5.41, 5.74) is 1.31. The van der Waals surface area contributed by atoms with Crippen LogP contribution in [0.1, 0.15) is 13.8 Å². The van der Waals surface area contributed by atoms with Crippen LogP contribution < -0.4 is 10.7 Å². The quantitative estimate of drug-likeness (QED) is 0.374. The first kappa shape index (κ1) is 23.8. The van der Waals surface area contributed by atoms with Gasteiger partial charge in [-0.25, -0.2) is 13.1 Å². The Kier molecular flexibility index (Phi) is 7.54. The summed E-state index contributed by atoms with van der Waals surface area (Å²) >= 11 is 1.16. The number of nitrogens with zero attached hydrogens (tertiary/aromatic N) is 5. The van der Waals surface area contributed by atoms with Gasteiger partial charge in [-0.05, 0) is 24.3 Å². The Balaban J connectivity index is 1.77. The molecule has 1 heterocycles. The van der Waals surface area contributed by atoms with E-state index in [1.807, 2.05) is 30.3 Å². The molecule has 0 bridgehead atoms. The molecule has 0 aliphatic heterocycles. The second-order valence-electron chi connectivity index (χ2n) is 6.87. The van der Waals surface area contributed by atoms with E-state index in [-0.39, 0.29) is 16.6 Å². The summed E-state index contributed by atoms with van der Waals surface area (Å²) in [6.45, 7) is 4.34. The summed E-state index contributed by atoms with van der Waals surface area (Å²) in [5, 5.41) is 8.54. The highest BCUT2D eigenvalue weighted by Crippen LogP contribution is 2.25. The Bertz CT molecular complexity index is 1180. The minimum Gasteiger partial charge on any atom is -0.335 e. The van der Waals surface area contributed by atoms with Gasteiger partial charge in [-0.2, -0.15) is 4.31 Å². The van der Waals surface area contributed by atoms with Crippen LogP contribution in [0.15, 0.2) is 64.6 Å². The second-order valence-corrected chi connectivity index (χ2v) is 9.75. The van der Waals surface area contributed by atoms with Crippen molar-refractivity contribution in [2.75, 3.05) is 36.6 Å². The molecule has 11 heteroatoms. The van der Waals surface area contributed by atoms with Gasteiger partial charge in [0.1, 0.15) is 0 Å². The monoisotopic (exact) mass is 474 g/mol. The molecule has 2 N–H and O–H groups in total. The van der Waals surface area contributed by atoms with E-state index in [4.69, 9.17) is 5.84 Å². The van der Waals surface area contributed by atoms with Crippen LogP contribution in [0, 0.1) is 0 Å².